The van der Waals surface area contributed by atoms with Gasteiger partial charge in [0, 0.05) is 11.7 Å². The minimum atomic E-state index is -3.71. The van der Waals surface area contributed by atoms with E-state index in [-0.39, 0.29) is 21.0 Å². The average molecular weight is 347 g/mol. The second-order valence-electron chi connectivity index (χ2n) is 6.45. The molecule has 4 nitrogen and oxygen atoms in total. The number of anilines is 1. The number of sulfonamides is 1. The summed E-state index contributed by atoms with van der Waals surface area (Å²) in [5, 5.41) is 0.141. The van der Waals surface area contributed by atoms with Crippen molar-refractivity contribution in [2.24, 2.45) is 23.7 Å². The molecule has 3 aliphatic rings. The largest absolute Gasteiger partial charge is 0.399 e. The summed E-state index contributed by atoms with van der Waals surface area (Å²) < 4.78 is 28.0. The lowest BCUT2D eigenvalue weighted by Gasteiger charge is -2.13. The Kier molecular flexibility index (Phi) is 3.03. The van der Waals surface area contributed by atoms with E-state index in [1.54, 1.807) is 0 Å². The van der Waals surface area contributed by atoms with Crippen molar-refractivity contribution in [1.82, 2.24) is 4.72 Å². The van der Waals surface area contributed by atoms with Crippen molar-refractivity contribution < 1.29 is 8.42 Å². The van der Waals surface area contributed by atoms with Gasteiger partial charge in [0.15, 0.2) is 0 Å². The number of hydrogen-bond acceptors (Lipinski definition) is 3. The van der Waals surface area contributed by atoms with Gasteiger partial charge >= 0.3 is 0 Å². The summed E-state index contributed by atoms with van der Waals surface area (Å²) in [4.78, 5) is -0.0580. The van der Waals surface area contributed by atoms with Crippen LogP contribution in [-0.4, -0.2) is 14.5 Å². The number of nitrogen functional groups attached to an aromatic ring is 1. The van der Waals surface area contributed by atoms with E-state index in [4.69, 9.17) is 28.9 Å². The summed E-state index contributed by atoms with van der Waals surface area (Å²) in [5.41, 5.74) is 5.97. The molecule has 3 saturated carbocycles. The molecule has 4 unspecified atom stereocenters. The Labute approximate surface area is 134 Å². The lowest BCUT2D eigenvalue weighted by atomic mass is 10.0. The summed E-state index contributed by atoms with van der Waals surface area (Å²) >= 11 is 12.1. The van der Waals surface area contributed by atoms with Gasteiger partial charge in [0.1, 0.15) is 4.90 Å². The molecule has 0 aromatic heterocycles. The molecular weight excluding hydrogens is 331 g/mol. The first-order valence-electron chi connectivity index (χ1n) is 7.15. The molecule has 0 saturated heterocycles. The van der Waals surface area contributed by atoms with E-state index in [9.17, 15) is 8.42 Å². The van der Waals surface area contributed by atoms with Crippen molar-refractivity contribution in [1.29, 1.82) is 0 Å². The Morgan fingerprint density at radius 1 is 1.10 bits per heavy atom. The molecule has 21 heavy (non-hydrogen) atoms. The molecule has 3 aliphatic carbocycles. The molecule has 0 heterocycles. The van der Waals surface area contributed by atoms with Crippen LogP contribution in [0.1, 0.15) is 19.3 Å². The van der Waals surface area contributed by atoms with Gasteiger partial charge in [0.2, 0.25) is 10.0 Å². The van der Waals surface area contributed by atoms with Crippen LogP contribution in [0.25, 0.3) is 0 Å². The summed E-state index contributed by atoms with van der Waals surface area (Å²) in [5.74, 6) is 2.44. The van der Waals surface area contributed by atoms with Crippen LogP contribution in [0.2, 0.25) is 10.0 Å². The number of benzene rings is 1. The van der Waals surface area contributed by atoms with Crippen molar-refractivity contribution in [3.8, 4) is 0 Å². The van der Waals surface area contributed by atoms with Crippen molar-refractivity contribution >= 4 is 38.9 Å². The third-order valence-corrected chi connectivity index (χ3v) is 7.70. The maximum absolute atomic E-state index is 12.6. The Bertz CT molecular complexity index is 683. The van der Waals surface area contributed by atoms with Gasteiger partial charge in [-0.1, -0.05) is 23.2 Å². The minimum Gasteiger partial charge on any atom is -0.399 e. The maximum Gasteiger partial charge on any atom is 0.243 e. The van der Waals surface area contributed by atoms with Gasteiger partial charge in [-0.3, -0.25) is 0 Å². The molecule has 3 N–H and O–H groups in total. The number of hydrogen-bond donors (Lipinski definition) is 2. The Balaban J connectivity index is 1.61. The molecule has 114 valence electrons. The molecule has 4 rings (SSSR count). The van der Waals surface area contributed by atoms with Crippen LogP contribution in [0.5, 0.6) is 0 Å². The first-order valence-corrected chi connectivity index (χ1v) is 9.39. The highest BCUT2D eigenvalue weighted by Gasteiger charge is 2.65. The first-order chi connectivity index (χ1) is 9.88. The quantitative estimate of drug-likeness (QED) is 0.826. The lowest BCUT2D eigenvalue weighted by molar-refractivity contribution is 0.456. The SMILES string of the molecule is Nc1cc(Cl)c(S(=O)(=O)NC2C3C4CCC(C4)C23)c(Cl)c1. The van der Waals surface area contributed by atoms with Gasteiger partial charge in [-0.15, -0.1) is 0 Å². The highest BCUT2D eigenvalue weighted by molar-refractivity contribution is 7.89. The second kappa shape index (κ2) is 4.51. The van der Waals surface area contributed by atoms with Crippen LogP contribution in [0.3, 0.4) is 0 Å². The van der Waals surface area contributed by atoms with Crippen LogP contribution in [0.4, 0.5) is 5.69 Å². The van der Waals surface area contributed by atoms with Gasteiger partial charge in [-0.05, 0) is 55.1 Å². The average Bonchev–Trinajstić information content (AvgIpc) is 2.77. The van der Waals surface area contributed by atoms with Crippen molar-refractivity contribution in [3.63, 3.8) is 0 Å². The van der Waals surface area contributed by atoms with Gasteiger partial charge in [-0.25, -0.2) is 13.1 Å². The Morgan fingerprint density at radius 2 is 1.62 bits per heavy atom. The molecule has 2 bridgehead atoms. The Morgan fingerprint density at radius 3 is 2.14 bits per heavy atom. The third-order valence-electron chi connectivity index (χ3n) is 5.32. The normalized spacial score (nSPS) is 36.8. The number of nitrogens with one attached hydrogen (secondary N) is 1. The van der Waals surface area contributed by atoms with E-state index in [1.165, 1.54) is 31.4 Å². The van der Waals surface area contributed by atoms with E-state index in [0.29, 0.717) is 29.4 Å². The zero-order valence-corrected chi connectivity index (χ0v) is 13.5. The molecule has 0 radical (unpaired) electrons. The van der Waals surface area contributed by atoms with E-state index in [2.05, 4.69) is 4.72 Å². The van der Waals surface area contributed by atoms with E-state index in [0.717, 1.165) is 0 Å². The van der Waals surface area contributed by atoms with E-state index >= 15 is 0 Å². The molecule has 7 heteroatoms. The summed E-state index contributed by atoms with van der Waals surface area (Å²) in [6, 6.07) is 2.89. The predicted molar refractivity (Wildman–Crippen MR) is 82.8 cm³/mol. The van der Waals surface area contributed by atoms with Crippen LogP contribution in [0.15, 0.2) is 17.0 Å². The molecule has 0 amide bonds. The van der Waals surface area contributed by atoms with Gasteiger partial charge in [0.25, 0.3) is 0 Å². The molecule has 1 aromatic rings. The topological polar surface area (TPSA) is 72.2 Å². The third kappa shape index (κ3) is 2.09. The van der Waals surface area contributed by atoms with E-state index < -0.39 is 10.0 Å². The summed E-state index contributed by atoms with van der Waals surface area (Å²) in [6.07, 6.45) is 3.76. The minimum absolute atomic E-state index is 0.0580. The molecule has 0 spiro atoms. The monoisotopic (exact) mass is 346 g/mol. The predicted octanol–water partition coefficient (Wildman–Crippen LogP) is 2.90. The highest BCUT2D eigenvalue weighted by Crippen LogP contribution is 2.65. The van der Waals surface area contributed by atoms with Crippen molar-refractivity contribution in [3.05, 3.63) is 22.2 Å². The fraction of sp³-hybridized carbons (Fsp3) is 0.571. The molecule has 4 atom stereocenters. The smallest absolute Gasteiger partial charge is 0.243 e. The zero-order chi connectivity index (χ0) is 14.9. The molecular formula is C14H16Cl2N2O2S. The number of nitrogens with two attached hydrogens (primary N) is 1. The lowest BCUT2D eigenvalue weighted by Crippen LogP contribution is -2.30. The Hall–Kier alpha value is -0.490. The van der Waals surface area contributed by atoms with Crippen molar-refractivity contribution in [2.45, 2.75) is 30.2 Å². The van der Waals surface area contributed by atoms with Gasteiger partial charge < -0.3 is 5.73 Å². The summed E-state index contributed by atoms with van der Waals surface area (Å²) in [6.45, 7) is 0. The standard InChI is InChI=1S/C14H16Cl2N2O2S/c15-9-4-8(17)5-10(16)14(9)21(19,20)18-13-11-6-1-2-7(3-6)12(11)13/h4-7,11-13,18H,1-3,17H2. The number of rotatable bonds is 3. The van der Waals surface area contributed by atoms with Gasteiger partial charge in [-0.2, -0.15) is 0 Å². The maximum atomic E-state index is 12.6. The van der Waals surface area contributed by atoms with Crippen LogP contribution in [-0.2, 0) is 10.0 Å². The van der Waals surface area contributed by atoms with E-state index in [1.807, 2.05) is 0 Å². The van der Waals surface area contributed by atoms with Crippen LogP contribution < -0.4 is 10.5 Å². The number of fused-ring (bicyclic) bond motifs is 5. The fourth-order valence-corrected chi connectivity index (χ4v) is 7.09. The second-order valence-corrected chi connectivity index (χ2v) is 8.91. The van der Waals surface area contributed by atoms with Crippen LogP contribution >= 0.6 is 23.2 Å². The summed E-state index contributed by atoms with van der Waals surface area (Å²) in [7, 11) is -3.71. The fourth-order valence-electron chi connectivity index (χ4n) is 4.56. The molecule has 0 aliphatic heterocycles. The zero-order valence-electron chi connectivity index (χ0n) is 11.2. The highest BCUT2D eigenvalue weighted by atomic mass is 35.5. The van der Waals surface area contributed by atoms with Crippen molar-refractivity contribution in [2.75, 3.05) is 5.73 Å². The first kappa shape index (κ1) is 14.1. The van der Waals surface area contributed by atoms with Crippen LogP contribution in [0, 0.1) is 23.7 Å². The molecule has 3 fully saturated rings. The van der Waals surface area contributed by atoms with Gasteiger partial charge in [0.05, 0.1) is 10.0 Å². The molecule has 1 aromatic carbocycles. The number of halogens is 2.